The molecule has 0 spiro atoms. The molecular formula is C34H54N4O7. The lowest BCUT2D eigenvalue weighted by Crippen LogP contribution is -2.58. The number of fused-ring (bicyclic) bond motifs is 1. The van der Waals surface area contributed by atoms with Gasteiger partial charge in [-0.05, 0) is 119 Å². The topological polar surface area (TPSA) is 141 Å². The third kappa shape index (κ3) is 6.21. The van der Waals surface area contributed by atoms with Gasteiger partial charge in [0.1, 0.15) is 11.5 Å². The van der Waals surface area contributed by atoms with Gasteiger partial charge in [-0.1, -0.05) is 0 Å². The zero-order chi connectivity index (χ0) is 34.1. The zero-order valence-electron chi connectivity index (χ0n) is 29.2. The maximum Gasteiger partial charge on any atom is 0.311 e. The van der Waals surface area contributed by atoms with Crippen LogP contribution in [-0.4, -0.2) is 78.2 Å². The Labute approximate surface area is 267 Å². The van der Waals surface area contributed by atoms with Crippen LogP contribution in [0.3, 0.4) is 0 Å². The van der Waals surface area contributed by atoms with Gasteiger partial charge in [0.2, 0.25) is 5.91 Å². The van der Waals surface area contributed by atoms with Crippen molar-refractivity contribution in [3.8, 4) is 11.5 Å². The van der Waals surface area contributed by atoms with Crippen molar-refractivity contribution in [3.63, 3.8) is 0 Å². The summed E-state index contributed by atoms with van der Waals surface area (Å²) < 4.78 is 12.3. The fourth-order valence-electron chi connectivity index (χ4n) is 7.49. The van der Waals surface area contributed by atoms with Gasteiger partial charge in [0.25, 0.3) is 5.91 Å². The third-order valence-electron chi connectivity index (χ3n) is 10.7. The summed E-state index contributed by atoms with van der Waals surface area (Å²) in [5, 5.41) is 30.0. The van der Waals surface area contributed by atoms with Crippen molar-refractivity contribution in [2.45, 2.75) is 161 Å². The maximum atomic E-state index is 13.7. The molecule has 0 aromatic heterocycles. The van der Waals surface area contributed by atoms with Crippen molar-refractivity contribution in [1.29, 1.82) is 0 Å². The van der Waals surface area contributed by atoms with Crippen molar-refractivity contribution in [3.05, 3.63) is 22.3 Å². The first-order valence-corrected chi connectivity index (χ1v) is 16.1. The van der Waals surface area contributed by atoms with Crippen LogP contribution in [0.4, 0.5) is 0 Å². The summed E-state index contributed by atoms with van der Waals surface area (Å²) in [7, 11) is 0. The molecule has 0 bridgehead atoms. The number of benzene rings is 1. The number of carbonyl (C=O) groups is 3. The molecule has 252 valence electrons. The Morgan fingerprint density at radius 2 is 1.31 bits per heavy atom. The van der Waals surface area contributed by atoms with Crippen LogP contribution in [-0.2, 0) is 20.8 Å². The van der Waals surface area contributed by atoms with Gasteiger partial charge >= 0.3 is 5.97 Å². The highest BCUT2D eigenvalue weighted by atomic mass is 16.5. The van der Waals surface area contributed by atoms with Crippen molar-refractivity contribution < 1.29 is 34.3 Å². The fourth-order valence-corrected chi connectivity index (χ4v) is 7.49. The third-order valence-corrected chi connectivity index (χ3v) is 10.7. The first-order valence-electron chi connectivity index (χ1n) is 16.1. The molecule has 2 saturated heterocycles. The lowest BCUT2D eigenvalue weighted by atomic mass is 9.86. The van der Waals surface area contributed by atoms with Gasteiger partial charge in [-0.15, -0.1) is 0 Å². The number of nitrogens with one attached hydrogen (secondary N) is 2. The lowest BCUT2D eigenvalue weighted by Gasteiger charge is -2.39. The minimum absolute atomic E-state index is 0.0289. The summed E-state index contributed by atoms with van der Waals surface area (Å²) in [6.07, 6.45) is 2.05. The monoisotopic (exact) mass is 630 g/mol. The normalized spacial score (nSPS) is 28.2. The molecule has 4 N–H and O–H groups in total. The van der Waals surface area contributed by atoms with Gasteiger partial charge in [0.05, 0.1) is 29.6 Å². The van der Waals surface area contributed by atoms with E-state index in [1.807, 2.05) is 76.2 Å². The Balaban J connectivity index is 1.42. The second-order valence-electron chi connectivity index (χ2n) is 15.9. The maximum absolute atomic E-state index is 13.7. The van der Waals surface area contributed by atoms with Crippen LogP contribution in [0.1, 0.15) is 117 Å². The molecule has 1 aromatic carbocycles. The number of hydrogen-bond acceptors (Lipinski definition) is 9. The predicted octanol–water partition coefficient (Wildman–Crippen LogP) is 4.65. The Hall–Kier alpha value is -2.73. The number of carbonyl (C=O) groups excluding carboxylic acids is 3. The van der Waals surface area contributed by atoms with Crippen LogP contribution in [0, 0.1) is 20.8 Å². The van der Waals surface area contributed by atoms with Crippen LogP contribution in [0.2, 0.25) is 0 Å². The van der Waals surface area contributed by atoms with Crippen LogP contribution in [0.25, 0.3) is 0 Å². The smallest absolute Gasteiger partial charge is 0.311 e. The molecule has 2 amide bonds. The van der Waals surface area contributed by atoms with E-state index in [0.717, 1.165) is 22.3 Å². The van der Waals surface area contributed by atoms with E-state index in [4.69, 9.17) is 9.47 Å². The van der Waals surface area contributed by atoms with E-state index < -0.39 is 33.7 Å². The molecule has 0 aliphatic carbocycles. The average Bonchev–Trinajstić information content (AvgIpc) is 3.19. The van der Waals surface area contributed by atoms with E-state index in [-0.39, 0.29) is 36.7 Å². The van der Waals surface area contributed by atoms with Crippen molar-refractivity contribution in [2.24, 2.45) is 0 Å². The number of amides is 2. The molecule has 0 saturated carbocycles. The Bertz CT molecular complexity index is 1380. The fraction of sp³-hybridized carbons (Fsp3) is 0.735. The molecule has 3 unspecified atom stereocenters. The van der Waals surface area contributed by atoms with E-state index >= 15 is 0 Å². The lowest BCUT2D eigenvalue weighted by molar-refractivity contribution is -0.194. The second-order valence-corrected chi connectivity index (χ2v) is 15.9. The summed E-state index contributed by atoms with van der Waals surface area (Å²) in [6, 6.07) is -0.524. The molecule has 3 aliphatic heterocycles. The van der Waals surface area contributed by atoms with Crippen LogP contribution >= 0.6 is 0 Å². The highest BCUT2D eigenvalue weighted by Gasteiger charge is 2.54. The van der Waals surface area contributed by atoms with Crippen LogP contribution in [0.5, 0.6) is 11.5 Å². The summed E-state index contributed by atoms with van der Waals surface area (Å²) in [4.78, 5) is 39.4. The molecule has 11 heteroatoms. The van der Waals surface area contributed by atoms with Gasteiger partial charge in [0.15, 0.2) is 5.60 Å². The molecule has 3 heterocycles. The minimum Gasteiger partial charge on any atom is -0.477 e. The highest BCUT2D eigenvalue weighted by molar-refractivity contribution is 5.86. The molecule has 1 aromatic rings. The number of nitrogens with zero attached hydrogens (tertiary/aromatic N) is 2. The molecule has 0 radical (unpaired) electrons. The second kappa shape index (κ2) is 11.5. The molecule has 4 rings (SSSR count). The molecular weight excluding hydrogens is 576 g/mol. The van der Waals surface area contributed by atoms with Gasteiger partial charge in [-0.3, -0.25) is 14.4 Å². The van der Waals surface area contributed by atoms with Gasteiger partial charge < -0.3 is 30.5 Å². The number of rotatable bonds is 7. The van der Waals surface area contributed by atoms with Gasteiger partial charge in [0, 0.05) is 29.5 Å². The minimum atomic E-state index is -1.11. The van der Waals surface area contributed by atoms with Crippen LogP contribution in [0.15, 0.2) is 0 Å². The summed E-state index contributed by atoms with van der Waals surface area (Å²) >= 11 is 0. The Morgan fingerprint density at radius 3 is 1.80 bits per heavy atom. The zero-order valence-corrected chi connectivity index (χ0v) is 29.2. The number of hydrogen-bond donors (Lipinski definition) is 4. The number of ether oxygens (including phenoxy) is 2. The Kier molecular flexibility index (Phi) is 8.98. The van der Waals surface area contributed by atoms with Gasteiger partial charge in [-0.25, -0.2) is 0 Å². The first kappa shape index (κ1) is 35.1. The molecule has 3 aliphatic rings. The summed E-state index contributed by atoms with van der Waals surface area (Å²) in [6.45, 7) is 22.8. The Morgan fingerprint density at radius 1 is 0.800 bits per heavy atom. The van der Waals surface area contributed by atoms with Crippen molar-refractivity contribution >= 4 is 17.8 Å². The van der Waals surface area contributed by atoms with E-state index in [1.54, 1.807) is 6.92 Å². The first-order chi connectivity index (χ1) is 20.5. The van der Waals surface area contributed by atoms with Crippen molar-refractivity contribution in [2.75, 3.05) is 0 Å². The SMILES string of the molecule is Cc1c(C)c2c(c(C)c1OC(=O)CCC(=O)NC1CC(C)(C)N(O)C1(C)C)CCC(C)(C(=O)NC1CC(C)(C)N(O)C1(C)C)O2. The average molecular weight is 631 g/mol. The highest BCUT2D eigenvalue weighted by Crippen LogP contribution is 2.45. The number of hydroxylamine groups is 4. The largest absolute Gasteiger partial charge is 0.477 e. The van der Waals surface area contributed by atoms with E-state index in [2.05, 4.69) is 10.6 Å². The molecule has 11 nitrogen and oxygen atoms in total. The van der Waals surface area contributed by atoms with E-state index in [1.165, 1.54) is 10.1 Å². The molecule has 3 atom stereocenters. The number of esters is 1. The summed E-state index contributed by atoms with van der Waals surface area (Å²) in [5.74, 6) is 0.0840. The predicted molar refractivity (Wildman–Crippen MR) is 170 cm³/mol. The van der Waals surface area contributed by atoms with Crippen LogP contribution < -0.4 is 20.1 Å². The standard InChI is InChI=1S/C34H54N4O7/c1-19-20(2)28-22(15-16-34(12,45-28)29(41)36-24-18-31(6,7)38(43)33(24,10)11)21(3)27(19)44-26(40)14-13-25(39)35-23-17-30(4,5)37(42)32(23,8)9/h23-24,42-43H,13-18H2,1-12H3,(H,35,39)(H,36,41). The van der Waals surface area contributed by atoms with Crippen molar-refractivity contribution in [1.82, 2.24) is 20.8 Å². The quantitative estimate of drug-likeness (QED) is 0.250. The summed E-state index contributed by atoms with van der Waals surface area (Å²) in [5.41, 5.74) is -0.143. The molecule has 2 fully saturated rings. The van der Waals surface area contributed by atoms with E-state index in [9.17, 15) is 24.8 Å². The van der Waals surface area contributed by atoms with Gasteiger partial charge in [-0.2, -0.15) is 10.1 Å². The van der Waals surface area contributed by atoms with E-state index in [0.29, 0.717) is 37.2 Å². The molecule has 45 heavy (non-hydrogen) atoms.